The van der Waals surface area contributed by atoms with E-state index in [0.717, 1.165) is 5.57 Å². The highest BCUT2D eigenvalue weighted by Crippen LogP contribution is 2.32. The van der Waals surface area contributed by atoms with Gasteiger partial charge < -0.3 is 0 Å². The van der Waals surface area contributed by atoms with E-state index in [2.05, 4.69) is 6.58 Å². The highest BCUT2D eigenvalue weighted by atomic mass is 16.5. The van der Waals surface area contributed by atoms with E-state index in [1.807, 2.05) is 12.2 Å². The summed E-state index contributed by atoms with van der Waals surface area (Å²) in [5.74, 6) is -1.97. The first-order chi connectivity index (χ1) is 6.63. The number of rotatable bonds is 1. The molecule has 0 aromatic rings. The van der Waals surface area contributed by atoms with E-state index in [9.17, 15) is 9.59 Å². The van der Waals surface area contributed by atoms with Crippen LogP contribution in [0.2, 0.25) is 0 Å². The topological polar surface area (TPSA) is 57.6 Å². The van der Waals surface area contributed by atoms with Crippen LogP contribution < -0.4 is 0 Å². The first-order valence-electron chi connectivity index (χ1n) is 4.24. The maximum absolute atomic E-state index is 11.4. The molecule has 1 atom stereocenters. The molecule has 14 heavy (non-hydrogen) atoms. The van der Waals surface area contributed by atoms with E-state index >= 15 is 0 Å². The van der Waals surface area contributed by atoms with Crippen molar-refractivity contribution in [3.05, 3.63) is 36.0 Å². The third-order valence-corrected chi connectivity index (χ3v) is 2.44. The molecule has 0 spiro atoms. The maximum Gasteiger partial charge on any atom is 0.281 e. The van der Waals surface area contributed by atoms with Gasteiger partial charge in [-0.2, -0.15) is 5.06 Å². The van der Waals surface area contributed by atoms with Gasteiger partial charge in [0.2, 0.25) is 0 Å². The van der Waals surface area contributed by atoms with Crippen molar-refractivity contribution in [2.45, 2.75) is 6.42 Å². The molecule has 2 aliphatic rings. The molecule has 0 radical (unpaired) electrons. The fraction of sp³-hybridized carbons (Fsp3) is 0.200. The minimum absolute atomic E-state index is 0.145. The quantitative estimate of drug-likeness (QED) is 0.379. The number of hydrogen-bond donors (Lipinski definition) is 1. The van der Waals surface area contributed by atoms with Gasteiger partial charge in [-0.25, -0.2) is 0 Å². The zero-order valence-electron chi connectivity index (χ0n) is 7.43. The second-order valence-electron chi connectivity index (χ2n) is 3.29. The van der Waals surface area contributed by atoms with Crippen LogP contribution in [-0.2, 0) is 9.59 Å². The van der Waals surface area contributed by atoms with Gasteiger partial charge in [0.1, 0.15) is 0 Å². The van der Waals surface area contributed by atoms with E-state index in [-0.39, 0.29) is 10.6 Å². The number of nitrogens with zero attached hydrogens (tertiary/aromatic N) is 1. The number of hydroxylamine groups is 2. The number of carbonyl (C=O) groups excluding carboxylic acids is 2. The van der Waals surface area contributed by atoms with E-state index in [0.29, 0.717) is 6.42 Å². The summed E-state index contributed by atoms with van der Waals surface area (Å²) in [5.41, 5.74) is 0.956. The number of hydrogen-bond acceptors (Lipinski definition) is 3. The lowest BCUT2D eigenvalue weighted by Crippen LogP contribution is -2.26. The van der Waals surface area contributed by atoms with E-state index in [1.165, 1.54) is 0 Å². The zero-order chi connectivity index (χ0) is 10.3. The molecule has 0 saturated carbocycles. The molecule has 0 aromatic heterocycles. The summed E-state index contributed by atoms with van der Waals surface area (Å²) < 4.78 is 0. The molecule has 1 N–H and O–H groups in total. The minimum Gasteiger partial charge on any atom is -0.278 e. The van der Waals surface area contributed by atoms with Gasteiger partial charge in [-0.15, -0.1) is 0 Å². The number of carbonyl (C=O) groups is 2. The van der Waals surface area contributed by atoms with E-state index < -0.39 is 17.7 Å². The Balaban J connectivity index is 2.33. The Hall–Kier alpha value is -1.68. The summed E-state index contributed by atoms with van der Waals surface area (Å²) in [6, 6.07) is 0. The molecule has 0 aromatic carbocycles. The van der Waals surface area contributed by atoms with Crippen LogP contribution in [0.25, 0.3) is 0 Å². The predicted molar refractivity (Wildman–Crippen MR) is 48.1 cm³/mol. The van der Waals surface area contributed by atoms with Gasteiger partial charge in [-0.1, -0.05) is 24.8 Å². The van der Waals surface area contributed by atoms with E-state index in [1.54, 1.807) is 6.08 Å². The van der Waals surface area contributed by atoms with Gasteiger partial charge in [0.25, 0.3) is 11.8 Å². The van der Waals surface area contributed by atoms with Crippen LogP contribution >= 0.6 is 0 Å². The highest BCUT2D eigenvalue weighted by Gasteiger charge is 2.43. The number of imide groups is 1. The third kappa shape index (κ3) is 1.04. The fourth-order valence-corrected chi connectivity index (χ4v) is 1.69. The first kappa shape index (κ1) is 8.90. The summed E-state index contributed by atoms with van der Waals surface area (Å²) in [6.45, 7) is 3.52. The van der Waals surface area contributed by atoms with Crippen molar-refractivity contribution in [3.8, 4) is 0 Å². The molecule has 1 saturated heterocycles. The summed E-state index contributed by atoms with van der Waals surface area (Å²) >= 11 is 0. The lowest BCUT2D eigenvalue weighted by molar-refractivity contribution is -0.171. The van der Waals surface area contributed by atoms with E-state index in [4.69, 9.17) is 5.21 Å². The average molecular weight is 191 g/mol. The molecule has 2 rings (SSSR count). The standard InChI is InChI=1S/C10H9NO3/c1-6-8(7-4-2-3-5-7)10(13)11(14)9(6)12/h2-4,8,14H,1,5H2. The Labute approximate surface area is 80.8 Å². The minimum atomic E-state index is -0.701. The molecular formula is C10H9NO3. The predicted octanol–water partition coefficient (Wildman–Crippen LogP) is 0.803. The van der Waals surface area contributed by atoms with Crippen LogP contribution in [0.4, 0.5) is 0 Å². The molecule has 4 nitrogen and oxygen atoms in total. The summed E-state index contributed by atoms with van der Waals surface area (Å²) in [4.78, 5) is 22.6. The summed E-state index contributed by atoms with van der Waals surface area (Å²) in [5, 5.41) is 9.24. The monoisotopic (exact) mass is 191 g/mol. The fourth-order valence-electron chi connectivity index (χ4n) is 1.69. The largest absolute Gasteiger partial charge is 0.281 e. The molecule has 1 fully saturated rings. The molecule has 2 amide bonds. The average Bonchev–Trinajstić information content (AvgIpc) is 2.73. The Kier molecular flexibility index (Phi) is 1.86. The second kappa shape index (κ2) is 2.92. The molecule has 0 bridgehead atoms. The second-order valence-corrected chi connectivity index (χ2v) is 3.29. The first-order valence-corrected chi connectivity index (χ1v) is 4.24. The van der Waals surface area contributed by atoms with Crippen LogP contribution in [0.1, 0.15) is 6.42 Å². The van der Waals surface area contributed by atoms with Gasteiger partial charge in [0, 0.05) is 5.57 Å². The van der Waals surface area contributed by atoms with Crippen LogP contribution in [-0.4, -0.2) is 22.1 Å². The van der Waals surface area contributed by atoms with Crippen molar-refractivity contribution in [2.75, 3.05) is 0 Å². The van der Waals surface area contributed by atoms with Crippen LogP contribution in [0.3, 0.4) is 0 Å². The molecule has 1 heterocycles. The molecule has 72 valence electrons. The highest BCUT2D eigenvalue weighted by molar-refractivity contribution is 6.14. The Morgan fingerprint density at radius 3 is 2.64 bits per heavy atom. The van der Waals surface area contributed by atoms with Crippen molar-refractivity contribution in [3.63, 3.8) is 0 Å². The molecule has 1 aliphatic heterocycles. The Bertz CT molecular complexity index is 390. The van der Waals surface area contributed by atoms with Crippen molar-refractivity contribution in [2.24, 2.45) is 5.92 Å². The van der Waals surface area contributed by atoms with Gasteiger partial charge >= 0.3 is 0 Å². The van der Waals surface area contributed by atoms with Crippen molar-refractivity contribution in [1.82, 2.24) is 5.06 Å². The lowest BCUT2D eigenvalue weighted by atomic mass is 9.93. The Morgan fingerprint density at radius 2 is 2.21 bits per heavy atom. The van der Waals surface area contributed by atoms with Crippen molar-refractivity contribution >= 4 is 11.8 Å². The van der Waals surface area contributed by atoms with Crippen LogP contribution in [0.5, 0.6) is 0 Å². The lowest BCUT2D eigenvalue weighted by Gasteiger charge is -2.08. The van der Waals surface area contributed by atoms with Gasteiger partial charge in [0.05, 0.1) is 5.92 Å². The van der Waals surface area contributed by atoms with Gasteiger partial charge in [-0.3, -0.25) is 14.8 Å². The SMILES string of the molecule is C=C1C(=O)N(O)C(=O)C1C1=CC=CC1. The molecular weight excluding hydrogens is 182 g/mol. The smallest absolute Gasteiger partial charge is 0.278 e. The van der Waals surface area contributed by atoms with Gasteiger partial charge in [-0.05, 0) is 12.0 Å². The summed E-state index contributed by atoms with van der Waals surface area (Å²) in [6.07, 6.45) is 6.12. The summed E-state index contributed by atoms with van der Waals surface area (Å²) in [7, 11) is 0. The Morgan fingerprint density at radius 1 is 1.50 bits per heavy atom. The van der Waals surface area contributed by atoms with Crippen LogP contribution in [0.15, 0.2) is 36.0 Å². The van der Waals surface area contributed by atoms with Crippen molar-refractivity contribution in [1.29, 1.82) is 0 Å². The normalized spacial score (nSPS) is 26.4. The third-order valence-electron chi connectivity index (χ3n) is 2.44. The molecule has 4 heteroatoms. The van der Waals surface area contributed by atoms with Crippen molar-refractivity contribution < 1.29 is 14.8 Å². The molecule has 1 aliphatic carbocycles. The zero-order valence-corrected chi connectivity index (χ0v) is 7.43. The maximum atomic E-state index is 11.4. The van der Waals surface area contributed by atoms with Gasteiger partial charge in [0.15, 0.2) is 0 Å². The number of allylic oxidation sites excluding steroid dienone is 3. The van der Waals surface area contributed by atoms with Crippen LogP contribution in [0, 0.1) is 5.92 Å². The number of amides is 2. The molecule has 1 unspecified atom stereocenters.